The van der Waals surface area contributed by atoms with Gasteiger partial charge in [-0.15, -0.1) is 0 Å². The van der Waals surface area contributed by atoms with E-state index in [-0.39, 0.29) is 0 Å². The lowest BCUT2D eigenvalue weighted by atomic mass is 10.2. The van der Waals surface area contributed by atoms with Crippen LogP contribution >= 0.6 is 0 Å². The van der Waals surface area contributed by atoms with E-state index in [0.29, 0.717) is 0 Å². The normalized spacial score (nSPS) is 10.9. The number of aromatic nitrogens is 1. The van der Waals surface area contributed by atoms with Crippen LogP contribution in [0.1, 0.15) is 12.5 Å². The Kier molecular flexibility index (Phi) is 5.97. The van der Waals surface area contributed by atoms with E-state index in [2.05, 4.69) is 41.3 Å². The van der Waals surface area contributed by atoms with Crippen LogP contribution in [0.15, 0.2) is 24.5 Å². The van der Waals surface area contributed by atoms with E-state index in [0.717, 1.165) is 32.6 Å². The number of hydrogen-bond donors (Lipinski definition) is 1. The largest absolute Gasteiger partial charge is 0.316 e. The first kappa shape index (κ1) is 12.1. The van der Waals surface area contributed by atoms with E-state index in [1.807, 2.05) is 12.4 Å². The summed E-state index contributed by atoms with van der Waals surface area (Å²) in [7, 11) is 2.17. The molecule has 0 saturated heterocycles. The second-order valence-electron chi connectivity index (χ2n) is 3.76. The minimum atomic E-state index is 1.05. The summed E-state index contributed by atoms with van der Waals surface area (Å²) in [5.74, 6) is 0. The first-order valence-corrected chi connectivity index (χ1v) is 5.61. The fourth-order valence-electron chi connectivity index (χ4n) is 1.43. The van der Waals surface area contributed by atoms with Crippen LogP contribution in [0, 0.1) is 0 Å². The monoisotopic (exact) mass is 207 g/mol. The first-order valence-electron chi connectivity index (χ1n) is 5.61. The Morgan fingerprint density at radius 1 is 1.27 bits per heavy atom. The zero-order chi connectivity index (χ0) is 10.9. The lowest BCUT2D eigenvalue weighted by molar-refractivity contribution is 0.337. The topological polar surface area (TPSA) is 28.2 Å². The first-order chi connectivity index (χ1) is 7.33. The maximum absolute atomic E-state index is 4.01. The highest BCUT2D eigenvalue weighted by Gasteiger charge is 1.98. The molecule has 0 amide bonds. The van der Waals surface area contributed by atoms with Gasteiger partial charge in [-0.1, -0.05) is 6.92 Å². The molecular formula is C12H21N3. The second kappa shape index (κ2) is 7.37. The molecule has 0 radical (unpaired) electrons. The number of pyridine rings is 1. The number of nitrogens with one attached hydrogen (secondary N) is 1. The van der Waals surface area contributed by atoms with Crippen molar-refractivity contribution in [3.63, 3.8) is 0 Å². The molecule has 84 valence electrons. The Morgan fingerprint density at radius 3 is 2.67 bits per heavy atom. The van der Waals surface area contributed by atoms with E-state index in [4.69, 9.17) is 0 Å². The molecule has 0 aliphatic rings. The van der Waals surface area contributed by atoms with E-state index in [9.17, 15) is 0 Å². The highest BCUT2D eigenvalue weighted by atomic mass is 15.1. The molecule has 1 rings (SSSR count). The molecule has 15 heavy (non-hydrogen) atoms. The summed E-state index contributed by atoms with van der Waals surface area (Å²) in [6.45, 7) is 6.48. The molecule has 0 aliphatic heterocycles. The molecule has 0 atom stereocenters. The van der Waals surface area contributed by atoms with Crippen molar-refractivity contribution < 1.29 is 0 Å². The van der Waals surface area contributed by atoms with E-state index < -0.39 is 0 Å². The van der Waals surface area contributed by atoms with Gasteiger partial charge in [0.1, 0.15) is 0 Å². The van der Waals surface area contributed by atoms with Gasteiger partial charge in [0.2, 0.25) is 0 Å². The molecule has 3 nitrogen and oxygen atoms in total. The summed E-state index contributed by atoms with van der Waals surface area (Å²) in [4.78, 5) is 6.36. The van der Waals surface area contributed by atoms with E-state index in [1.54, 1.807) is 0 Å². The number of hydrogen-bond acceptors (Lipinski definition) is 3. The highest BCUT2D eigenvalue weighted by molar-refractivity contribution is 5.09. The van der Waals surface area contributed by atoms with Crippen molar-refractivity contribution in [1.29, 1.82) is 0 Å². The van der Waals surface area contributed by atoms with Gasteiger partial charge in [-0.05, 0) is 37.7 Å². The van der Waals surface area contributed by atoms with Crippen LogP contribution in [0.2, 0.25) is 0 Å². The van der Waals surface area contributed by atoms with E-state index >= 15 is 0 Å². The molecule has 1 N–H and O–H groups in total. The molecule has 0 aliphatic carbocycles. The Morgan fingerprint density at radius 2 is 2.00 bits per heavy atom. The van der Waals surface area contributed by atoms with Crippen LogP contribution in [0.5, 0.6) is 0 Å². The summed E-state index contributed by atoms with van der Waals surface area (Å²) >= 11 is 0. The van der Waals surface area contributed by atoms with Gasteiger partial charge < -0.3 is 10.2 Å². The minimum Gasteiger partial charge on any atom is -0.316 e. The molecule has 0 unspecified atom stereocenters. The van der Waals surface area contributed by atoms with Gasteiger partial charge in [0.15, 0.2) is 0 Å². The number of likely N-dealkylation sites (N-methyl/N-ethyl adjacent to an activating group) is 2. The van der Waals surface area contributed by atoms with Crippen molar-refractivity contribution in [2.75, 3.05) is 33.2 Å². The maximum Gasteiger partial charge on any atom is 0.0270 e. The van der Waals surface area contributed by atoms with Crippen molar-refractivity contribution in [2.24, 2.45) is 0 Å². The summed E-state index contributed by atoms with van der Waals surface area (Å²) in [6.07, 6.45) is 4.81. The molecular weight excluding hydrogens is 186 g/mol. The summed E-state index contributed by atoms with van der Waals surface area (Å²) in [5, 5.41) is 3.33. The van der Waals surface area contributed by atoms with Crippen molar-refractivity contribution in [3.8, 4) is 0 Å². The van der Waals surface area contributed by atoms with Crippen molar-refractivity contribution in [1.82, 2.24) is 15.2 Å². The van der Waals surface area contributed by atoms with Gasteiger partial charge in [0.05, 0.1) is 0 Å². The van der Waals surface area contributed by atoms with Crippen molar-refractivity contribution in [2.45, 2.75) is 13.3 Å². The molecule has 0 aromatic carbocycles. The van der Waals surface area contributed by atoms with Gasteiger partial charge in [-0.3, -0.25) is 4.98 Å². The minimum absolute atomic E-state index is 1.05. The van der Waals surface area contributed by atoms with Gasteiger partial charge in [-0.25, -0.2) is 0 Å². The Balaban J connectivity index is 2.14. The average molecular weight is 207 g/mol. The van der Waals surface area contributed by atoms with Crippen molar-refractivity contribution in [3.05, 3.63) is 30.1 Å². The molecule has 3 heteroatoms. The third-order valence-electron chi connectivity index (χ3n) is 2.45. The zero-order valence-corrected chi connectivity index (χ0v) is 9.74. The molecule has 1 aromatic heterocycles. The summed E-state index contributed by atoms with van der Waals surface area (Å²) in [5.41, 5.74) is 1.36. The molecule has 0 bridgehead atoms. The standard InChI is InChI=1S/C12H21N3/c1-3-13-9-11-15(2)10-6-12-4-7-14-8-5-12/h4-5,7-8,13H,3,6,9-11H2,1-2H3. The molecule has 1 heterocycles. The Hall–Kier alpha value is -0.930. The van der Waals surface area contributed by atoms with E-state index in [1.165, 1.54) is 5.56 Å². The molecule has 1 aromatic rings. The fourth-order valence-corrected chi connectivity index (χ4v) is 1.43. The summed E-state index contributed by atoms with van der Waals surface area (Å²) in [6, 6.07) is 4.16. The smallest absolute Gasteiger partial charge is 0.0270 e. The van der Waals surface area contributed by atoms with Crippen LogP contribution in [-0.4, -0.2) is 43.1 Å². The van der Waals surface area contributed by atoms with Gasteiger partial charge >= 0.3 is 0 Å². The predicted molar refractivity (Wildman–Crippen MR) is 64.0 cm³/mol. The Bertz CT molecular complexity index is 248. The van der Waals surface area contributed by atoms with Crippen LogP contribution in [0.3, 0.4) is 0 Å². The van der Waals surface area contributed by atoms with Crippen LogP contribution < -0.4 is 5.32 Å². The quantitative estimate of drug-likeness (QED) is 0.680. The van der Waals surface area contributed by atoms with Gasteiger partial charge in [-0.2, -0.15) is 0 Å². The lowest BCUT2D eigenvalue weighted by Gasteiger charge is -2.16. The lowest BCUT2D eigenvalue weighted by Crippen LogP contribution is -2.30. The predicted octanol–water partition coefficient (Wildman–Crippen LogP) is 1.17. The number of nitrogens with zero attached hydrogens (tertiary/aromatic N) is 2. The van der Waals surface area contributed by atoms with Gasteiger partial charge in [0.25, 0.3) is 0 Å². The molecule has 0 saturated carbocycles. The summed E-state index contributed by atoms with van der Waals surface area (Å²) < 4.78 is 0. The average Bonchev–Trinajstić information content (AvgIpc) is 2.28. The fraction of sp³-hybridized carbons (Fsp3) is 0.583. The maximum atomic E-state index is 4.01. The van der Waals surface area contributed by atoms with Crippen LogP contribution in [-0.2, 0) is 6.42 Å². The number of rotatable bonds is 7. The second-order valence-corrected chi connectivity index (χ2v) is 3.76. The third kappa shape index (κ3) is 5.50. The highest BCUT2D eigenvalue weighted by Crippen LogP contribution is 1.98. The van der Waals surface area contributed by atoms with Gasteiger partial charge in [0, 0.05) is 32.0 Å². The third-order valence-corrected chi connectivity index (χ3v) is 2.45. The Labute approximate surface area is 92.5 Å². The van der Waals surface area contributed by atoms with Crippen LogP contribution in [0.25, 0.3) is 0 Å². The zero-order valence-electron chi connectivity index (χ0n) is 9.74. The van der Waals surface area contributed by atoms with Crippen molar-refractivity contribution >= 4 is 0 Å². The SMILES string of the molecule is CCNCCN(C)CCc1ccncc1. The van der Waals surface area contributed by atoms with Crippen LogP contribution in [0.4, 0.5) is 0 Å². The molecule has 0 spiro atoms. The molecule has 0 fully saturated rings.